The maximum absolute atomic E-state index is 10.9. The SMILES string of the molecule is Cc1nccc(CNc2nccc(C(=O)O)c2Cl)n1. The van der Waals surface area contributed by atoms with Crippen molar-refractivity contribution in [2.24, 2.45) is 0 Å². The van der Waals surface area contributed by atoms with Gasteiger partial charge in [0, 0.05) is 12.4 Å². The summed E-state index contributed by atoms with van der Waals surface area (Å²) in [7, 11) is 0. The molecule has 0 spiro atoms. The Hall–Kier alpha value is -2.21. The standard InChI is InChI=1S/C12H11ClN4O2/c1-7-14-4-2-8(17-7)6-16-11-10(13)9(12(18)19)3-5-15-11/h2-5H,6H2,1H3,(H,15,16)(H,18,19). The van der Waals surface area contributed by atoms with Gasteiger partial charge in [-0.15, -0.1) is 0 Å². The number of hydrogen-bond acceptors (Lipinski definition) is 5. The number of hydrogen-bond donors (Lipinski definition) is 2. The number of halogens is 1. The lowest BCUT2D eigenvalue weighted by atomic mass is 10.2. The van der Waals surface area contributed by atoms with E-state index in [2.05, 4.69) is 20.3 Å². The number of nitrogens with zero attached hydrogens (tertiary/aromatic N) is 3. The number of pyridine rings is 1. The number of anilines is 1. The number of aromatic carboxylic acids is 1. The summed E-state index contributed by atoms with van der Waals surface area (Å²) in [4.78, 5) is 23.1. The molecule has 2 aromatic rings. The van der Waals surface area contributed by atoms with E-state index in [1.165, 1.54) is 12.3 Å². The van der Waals surface area contributed by atoms with Gasteiger partial charge in [-0.05, 0) is 19.1 Å². The minimum atomic E-state index is -1.09. The van der Waals surface area contributed by atoms with Gasteiger partial charge in [0.2, 0.25) is 0 Å². The second-order valence-corrected chi connectivity index (χ2v) is 4.15. The van der Waals surface area contributed by atoms with E-state index in [1.807, 2.05) is 0 Å². The molecule has 7 heteroatoms. The molecule has 0 saturated carbocycles. The summed E-state index contributed by atoms with van der Waals surface area (Å²) in [5.41, 5.74) is 0.782. The summed E-state index contributed by atoms with van der Waals surface area (Å²) >= 11 is 5.96. The molecule has 2 N–H and O–H groups in total. The molecule has 0 saturated heterocycles. The van der Waals surface area contributed by atoms with Crippen molar-refractivity contribution >= 4 is 23.4 Å². The highest BCUT2D eigenvalue weighted by molar-refractivity contribution is 6.35. The average Bonchev–Trinajstić information content (AvgIpc) is 2.37. The van der Waals surface area contributed by atoms with Crippen LogP contribution >= 0.6 is 11.6 Å². The molecule has 98 valence electrons. The van der Waals surface area contributed by atoms with Crippen LogP contribution in [0.2, 0.25) is 5.02 Å². The third-order valence-electron chi connectivity index (χ3n) is 2.39. The topological polar surface area (TPSA) is 88.0 Å². The molecule has 0 aromatic carbocycles. The van der Waals surface area contributed by atoms with Gasteiger partial charge in [0.15, 0.2) is 0 Å². The number of nitrogens with one attached hydrogen (secondary N) is 1. The Morgan fingerprint density at radius 3 is 2.79 bits per heavy atom. The Bertz CT molecular complexity index is 618. The van der Waals surface area contributed by atoms with Crippen molar-refractivity contribution in [2.75, 3.05) is 5.32 Å². The van der Waals surface area contributed by atoms with E-state index in [0.29, 0.717) is 18.2 Å². The van der Waals surface area contributed by atoms with Crippen LogP contribution in [0.1, 0.15) is 21.9 Å². The van der Waals surface area contributed by atoms with Crippen LogP contribution in [0.4, 0.5) is 5.82 Å². The highest BCUT2D eigenvalue weighted by atomic mass is 35.5. The monoisotopic (exact) mass is 278 g/mol. The van der Waals surface area contributed by atoms with Crippen molar-refractivity contribution in [3.63, 3.8) is 0 Å². The number of rotatable bonds is 4. The molecule has 6 nitrogen and oxygen atoms in total. The van der Waals surface area contributed by atoms with Gasteiger partial charge < -0.3 is 10.4 Å². The summed E-state index contributed by atoms with van der Waals surface area (Å²) in [5, 5.41) is 12.0. The lowest BCUT2D eigenvalue weighted by Crippen LogP contribution is -2.07. The first-order valence-corrected chi connectivity index (χ1v) is 5.86. The molecular formula is C12H11ClN4O2. The van der Waals surface area contributed by atoms with Crippen molar-refractivity contribution in [1.29, 1.82) is 0 Å². The second kappa shape index (κ2) is 5.62. The molecule has 0 amide bonds. The fraction of sp³-hybridized carbons (Fsp3) is 0.167. The predicted molar refractivity (Wildman–Crippen MR) is 70.3 cm³/mol. The molecule has 0 aliphatic carbocycles. The molecule has 2 aromatic heterocycles. The Morgan fingerprint density at radius 2 is 2.11 bits per heavy atom. The van der Waals surface area contributed by atoms with E-state index in [4.69, 9.17) is 16.7 Å². The maximum Gasteiger partial charge on any atom is 0.337 e. The van der Waals surface area contributed by atoms with E-state index in [-0.39, 0.29) is 10.6 Å². The van der Waals surface area contributed by atoms with Gasteiger partial charge in [0.25, 0.3) is 0 Å². The first kappa shape index (κ1) is 13.2. The Labute approximate surface area is 114 Å². The van der Waals surface area contributed by atoms with Gasteiger partial charge in [-0.1, -0.05) is 11.6 Å². The van der Waals surface area contributed by atoms with E-state index < -0.39 is 5.97 Å². The molecule has 0 aliphatic rings. The van der Waals surface area contributed by atoms with Crippen LogP contribution in [0, 0.1) is 6.92 Å². The third kappa shape index (κ3) is 3.17. The summed E-state index contributed by atoms with van der Waals surface area (Å²) < 4.78 is 0. The van der Waals surface area contributed by atoms with Crippen LogP contribution < -0.4 is 5.32 Å². The molecule has 0 unspecified atom stereocenters. The average molecular weight is 279 g/mol. The number of aryl methyl sites for hydroxylation is 1. The maximum atomic E-state index is 10.9. The summed E-state index contributed by atoms with van der Waals surface area (Å²) in [5.74, 6) is -0.108. The number of carboxylic acid groups (broad SMARTS) is 1. The number of carboxylic acids is 1. The van der Waals surface area contributed by atoms with Gasteiger partial charge in [-0.25, -0.2) is 19.7 Å². The van der Waals surface area contributed by atoms with Crippen LogP contribution in [-0.2, 0) is 6.54 Å². The normalized spacial score (nSPS) is 10.2. The molecule has 2 rings (SSSR count). The minimum absolute atomic E-state index is 0.0121. The Kier molecular flexibility index (Phi) is 3.91. The molecular weight excluding hydrogens is 268 g/mol. The van der Waals surface area contributed by atoms with Crippen molar-refractivity contribution in [1.82, 2.24) is 15.0 Å². The van der Waals surface area contributed by atoms with Gasteiger partial charge in [-0.2, -0.15) is 0 Å². The zero-order valence-electron chi connectivity index (χ0n) is 10.1. The van der Waals surface area contributed by atoms with Crippen molar-refractivity contribution in [2.45, 2.75) is 13.5 Å². The van der Waals surface area contributed by atoms with E-state index >= 15 is 0 Å². The van der Waals surface area contributed by atoms with Crippen LogP contribution in [-0.4, -0.2) is 26.0 Å². The largest absolute Gasteiger partial charge is 0.478 e. The molecule has 2 heterocycles. The quantitative estimate of drug-likeness (QED) is 0.891. The highest BCUT2D eigenvalue weighted by Gasteiger charge is 2.13. The molecule has 0 aliphatic heterocycles. The molecule has 19 heavy (non-hydrogen) atoms. The van der Waals surface area contributed by atoms with Gasteiger partial charge in [0.1, 0.15) is 11.6 Å². The van der Waals surface area contributed by atoms with Gasteiger partial charge >= 0.3 is 5.97 Å². The lowest BCUT2D eigenvalue weighted by Gasteiger charge is -2.08. The van der Waals surface area contributed by atoms with Crippen molar-refractivity contribution < 1.29 is 9.90 Å². The summed E-state index contributed by atoms with van der Waals surface area (Å²) in [6.45, 7) is 2.18. The third-order valence-corrected chi connectivity index (χ3v) is 2.77. The summed E-state index contributed by atoms with van der Waals surface area (Å²) in [6, 6.07) is 3.11. The first-order chi connectivity index (χ1) is 9.08. The fourth-order valence-electron chi connectivity index (χ4n) is 1.51. The lowest BCUT2D eigenvalue weighted by molar-refractivity contribution is 0.0697. The van der Waals surface area contributed by atoms with Crippen LogP contribution in [0.5, 0.6) is 0 Å². The van der Waals surface area contributed by atoms with Crippen LogP contribution in [0.25, 0.3) is 0 Å². The van der Waals surface area contributed by atoms with E-state index in [1.54, 1.807) is 19.2 Å². The van der Waals surface area contributed by atoms with E-state index in [0.717, 1.165) is 5.69 Å². The molecule has 0 fully saturated rings. The van der Waals surface area contributed by atoms with Crippen LogP contribution in [0.3, 0.4) is 0 Å². The van der Waals surface area contributed by atoms with Gasteiger partial charge in [-0.3, -0.25) is 0 Å². The van der Waals surface area contributed by atoms with Crippen molar-refractivity contribution in [3.8, 4) is 0 Å². The van der Waals surface area contributed by atoms with E-state index in [9.17, 15) is 4.79 Å². The zero-order valence-corrected chi connectivity index (χ0v) is 10.8. The zero-order chi connectivity index (χ0) is 13.8. The van der Waals surface area contributed by atoms with Crippen LogP contribution in [0.15, 0.2) is 24.5 Å². The molecule has 0 bridgehead atoms. The predicted octanol–water partition coefficient (Wildman–Crippen LogP) is 2.14. The smallest absolute Gasteiger partial charge is 0.337 e. The first-order valence-electron chi connectivity index (χ1n) is 5.48. The highest BCUT2D eigenvalue weighted by Crippen LogP contribution is 2.23. The number of aromatic nitrogens is 3. The number of carbonyl (C=O) groups is 1. The minimum Gasteiger partial charge on any atom is -0.478 e. The van der Waals surface area contributed by atoms with Gasteiger partial charge in [0.05, 0.1) is 22.8 Å². The molecule has 0 atom stereocenters. The molecule has 0 radical (unpaired) electrons. The van der Waals surface area contributed by atoms with Crippen molar-refractivity contribution in [3.05, 3.63) is 46.6 Å². The second-order valence-electron chi connectivity index (χ2n) is 3.77. The Balaban J connectivity index is 2.16. The summed E-state index contributed by atoms with van der Waals surface area (Å²) in [6.07, 6.45) is 3.05. The Morgan fingerprint density at radius 1 is 1.37 bits per heavy atom. The fourth-order valence-corrected chi connectivity index (χ4v) is 1.77.